The van der Waals surface area contributed by atoms with Crippen LogP contribution in [0.3, 0.4) is 0 Å². The Kier molecular flexibility index (Phi) is 19.0. The van der Waals surface area contributed by atoms with Crippen molar-refractivity contribution in [3.63, 3.8) is 0 Å². The van der Waals surface area contributed by atoms with Gasteiger partial charge in [-0.3, -0.25) is 15.2 Å². The zero-order chi connectivity index (χ0) is 11.3. The largest absolute Gasteiger partial charge is 2.00 e. The molecule has 0 amide bonds. The van der Waals surface area contributed by atoms with Crippen LogP contribution < -0.4 is 46.8 Å². The number of hydrogen-bond donors (Lipinski definition) is 4. The SMILES string of the molecule is CNC(=S)N/N=C/c1c[nH]c(=O)[nH]c1=O.O.[Cl-].[Cl-].[Cu+2]. The van der Waals surface area contributed by atoms with Crippen molar-refractivity contribution in [2.24, 2.45) is 5.10 Å². The molecule has 0 spiro atoms. The first-order chi connectivity index (χ1) is 7.13. The third kappa shape index (κ3) is 9.65. The number of rotatable bonds is 2. The molecule has 0 atom stereocenters. The van der Waals surface area contributed by atoms with Crippen LogP contribution in [0.4, 0.5) is 0 Å². The number of thiocarbonyl (C=S) groups is 1. The molecular formula is C7H11Cl2CuN5O3S. The molecule has 19 heavy (non-hydrogen) atoms. The zero-order valence-corrected chi connectivity index (χ0v) is 12.7. The fourth-order valence-corrected chi connectivity index (χ4v) is 0.785. The molecule has 0 saturated carbocycles. The molecule has 0 aliphatic carbocycles. The van der Waals surface area contributed by atoms with Gasteiger partial charge in [-0.1, -0.05) is 0 Å². The van der Waals surface area contributed by atoms with Gasteiger partial charge in [-0.15, -0.1) is 0 Å². The molecule has 0 bridgehead atoms. The van der Waals surface area contributed by atoms with Gasteiger partial charge < -0.3 is 40.6 Å². The summed E-state index contributed by atoms with van der Waals surface area (Å²) in [6.45, 7) is 0. The second-order valence-corrected chi connectivity index (χ2v) is 2.88. The first kappa shape index (κ1) is 26.6. The minimum atomic E-state index is -0.559. The fourth-order valence-electron chi connectivity index (χ4n) is 0.732. The second kappa shape index (κ2) is 13.5. The van der Waals surface area contributed by atoms with E-state index in [0.717, 1.165) is 0 Å². The molecule has 0 saturated heterocycles. The summed E-state index contributed by atoms with van der Waals surface area (Å²) < 4.78 is 0. The molecule has 1 radical (unpaired) electrons. The van der Waals surface area contributed by atoms with Crippen LogP contribution in [-0.4, -0.2) is 33.8 Å². The molecule has 8 nitrogen and oxygen atoms in total. The van der Waals surface area contributed by atoms with Gasteiger partial charge in [0.1, 0.15) is 0 Å². The second-order valence-electron chi connectivity index (χ2n) is 2.48. The van der Waals surface area contributed by atoms with Gasteiger partial charge in [0, 0.05) is 13.2 Å². The van der Waals surface area contributed by atoms with E-state index in [1.807, 2.05) is 0 Å². The summed E-state index contributed by atoms with van der Waals surface area (Å²) >= 11 is 4.74. The first-order valence-electron chi connectivity index (χ1n) is 3.96. The molecule has 0 aliphatic heterocycles. The van der Waals surface area contributed by atoms with Gasteiger partial charge in [-0.25, -0.2) is 4.79 Å². The number of nitrogens with zero attached hydrogens (tertiary/aromatic N) is 1. The van der Waals surface area contributed by atoms with Crippen molar-refractivity contribution in [2.45, 2.75) is 0 Å². The van der Waals surface area contributed by atoms with Crippen LogP contribution in [0, 0.1) is 0 Å². The fraction of sp³-hybridized carbons (Fsp3) is 0.143. The predicted octanol–water partition coefficient (Wildman–Crippen LogP) is -8.33. The van der Waals surface area contributed by atoms with E-state index in [9.17, 15) is 9.59 Å². The number of aromatic amines is 2. The Morgan fingerprint density at radius 1 is 1.42 bits per heavy atom. The van der Waals surface area contributed by atoms with E-state index in [4.69, 9.17) is 12.2 Å². The predicted molar refractivity (Wildman–Crippen MR) is 63.7 cm³/mol. The molecule has 1 heterocycles. The summed E-state index contributed by atoms with van der Waals surface area (Å²) in [6.07, 6.45) is 2.51. The van der Waals surface area contributed by atoms with Crippen LogP contribution in [0.5, 0.6) is 0 Å². The van der Waals surface area contributed by atoms with Crippen LogP contribution in [0.15, 0.2) is 20.9 Å². The molecule has 0 aliphatic rings. The molecule has 113 valence electrons. The summed E-state index contributed by atoms with van der Waals surface area (Å²) in [4.78, 5) is 26.2. The first-order valence-corrected chi connectivity index (χ1v) is 4.37. The Morgan fingerprint density at radius 3 is 2.47 bits per heavy atom. The number of aromatic nitrogens is 2. The van der Waals surface area contributed by atoms with Gasteiger partial charge in [-0.05, 0) is 12.2 Å². The van der Waals surface area contributed by atoms with Crippen LogP contribution in [-0.2, 0) is 17.1 Å². The average Bonchev–Trinajstić information content (AvgIpc) is 2.21. The molecular weight excluding hydrogens is 369 g/mol. The molecule has 12 heteroatoms. The van der Waals surface area contributed by atoms with E-state index in [-0.39, 0.29) is 52.9 Å². The quantitative estimate of drug-likeness (QED) is 0.175. The summed E-state index contributed by atoms with van der Waals surface area (Å²) in [5.74, 6) is 0. The topological polar surface area (TPSA) is 134 Å². The van der Waals surface area contributed by atoms with E-state index in [2.05, 4.69) is 25.8 Å². The number of H-pyrrole nitrogens is 2. The maximum atomic E-state index is 11.1. The van der Waals surface area contributed by atoms with E-state index in [0.29, 0.717) is 5.11 Å². The summed E-state index contributed by atoms with van der Waals surface area (Å²) in [5.41, 5.74) is 1.62. The smallest absolute Gasteiger partial charge is 1.00 e. The van der Waals surface area contributed by atoms with Gasteiger partial charge in [0.2, 0.25) is 0 Å². The third-order valence-corrected chi connectivity index (χ3v) is 1.74. The molecule has 1 aromatic rings. The van der Waals surface area contributed by atoms with Gasteiger partial charge >= 0.3 is 22.8 Å². The number of halogens is 2. The monoisotopic (exact) mass is 378 g/mol. The Morgan fingerprint density at radius 2 is 2.00 bits per heavy atom. The van der Waals surface area contributed by atoms with Crippen molar-refractivity contribution in [1.29, 1.82) is 0 Å². The van der Waals surface area contributed by atoms with Crippen LogP contribution in [0.25, 0.3) is 0 Å². The van der Waals surface area contributed by atoms with Gasteiger partial charge in [0.05, 0.1) is 11.8 Å². The maximum absolute atomic E-state index is 11.1. The third-order valence-electron chi connectivity index (χ3n) is 1.44. The van der Waals surface area contributed by atoms with E-state index in [1.54, 1.807) is 7.05 Å². The number of hydrogen-bond acceptors (Lipinski definition) is 4. The Labute approximate surface area is 136 Å². The van der Waals surface area contributed by atoms with E-state index < -0.39 is 11.2 Å². The molecule has 0 fully saturated rings. The molecule has 0 unspecified atom stereocenters. The number of nitrogens with one attached hydrogen (secondary N) is 4. The van der Waals surface area contributed by atoms with Crippen molar-refractivity contribution in [2.75, 3.05) is 7.05 Å². The normalized spacial score (nSPS) is 8.05. The Hall–Kier alpha value is -0.901. The summed E-state index contributed by atoms with van der Waals surface area (Å²) in [6, 6.07) is 0. The molecule has 1 rings (SSSR count). The van der Waals surface area contributed by atoms with E-state index in [1.165, 1.54) is 12.4 Å². The van der Waals surface area contributed by atoms with Gasteiger partial charge in [0.25, 0.3) is 5.56 Å². The van der Waals surface area contributed by atoms with Crippen molar-refractivity contribution >= 4 is 23.5 Å². The minimum absolute atomic E-state index is 0. The average molecular weight is 380 g/mol. The van der Waals surface area contributed by atoms with Crippen molar-refractivity contribution in [1.82, 2.24) is 20.7 Å². The molecule has 0 aromatic carbocycles. The summed E-state index contributed by atoms with van der Waals surface area (Å²) in [5, 5.41) is 6.65. The van der Waals surface area contributed by atoms with Crippen molar-refractivity contribution in [3.8, 4) is 0 Å². The molecule has 1 aromatic heterocycles. The Balaban J connectivity index is -0.000000281. The van der Waals surface area contributed by atoms with Gasteiger partial charge in [0.15, 0.2) is 5.11 Å². The minimum Gasteiger partial charge on any atom is -1.00 e. The summed E-state index contributed by atoms with van der Waals surface area (Å²) in [7, 11) is 1.64. The van der Waals surface area contributed by atoms with Gasteiger partial charge in [-0.2, -0.15) is 5.10 Å². The Bertz CT molecular complexity index is 506. The number of hydrazone groups is 1. The molecule has 6 N–H and O–H groups in total. The van der Waals surface area contributed by atoms with Crippen LogP contribution in [0.2, 0.25) is 0 Å². The van der Waals surface area contributed by atoms with Crippen LogP contribution in [0.1, 0.15) is 5.56 Å². The van der Waals surface area contributed by atoms with Crippen molar-refractivity contribution < 1.29 is 47.4 Å². The van der Waals surface area contributed by atoms with Crippen molar-refractivity contribution in [3.05, 3.63) is 32.6 Å². The van der Waals surface area contributed by atoms with E-state index >= 15 is 0 Å². The van der Waals surface area contributed by atoms with Crippen LogP contribution >= 0.6 is 12.2 Å². The standard InChI is InChI=1S/C7H9N5O2S.2ClH.Cu.H2O/c1-8-7(15)12-10-3-4-2-9-6(14)11-5(4)13;;;;/h2-3H,1H3,(H2,8,12,15)(H2,9,11,13,14);2*1H;;1H2/q;;;+2;/p-2/b10-3+;;;;. The maximum Gasteiger partial charge on any atom is 2.00 e. The zero-order valence-electron chi connectivity index (χ0n) is 9.38.